The topological polar surface area (TPSA) is 13.1 Å². The molecule has 2 aromatic carbocycles. The summed E-state index contributed by atoms with van der Waals surface area (Å²) in [7, 11) is 0. The van der Waals surface area contributed by atoms with Gasteiger partial charge in [0, 0.05) is 17.4 Å². The van der Waals surface area contributed by atoms with Crippen LogP contribution in [0.1, 0.15) is 29.4 Å². The third kappa shape index (κ3) is 2.28. The molecule has 3 rings (SSSR count). The highest BCUT2D eigenvalue weighted by atomic mass is 16.3. The van der Waals surface area contributed by atoms with Crippen molar-refractivity contribution in [3.05, 3.63) is 71.0 Å². The molecule has 1 heterocycles. The number of furan rings is 1. The predicted octanol–water partition coefficient (Wildman–Crippen LogP) is 4.69. The van der Waals surface area contributed by atoms with Gasteiger partial charge in [0.05, 0.1) is 0 Å². The van der Waals surface area contributed by atoms with E-state index in [0.29, 0.717) is 0 Å². The van der Waals surface area contributed by atoms with Crippen molar-refractivity contribution in [3.63, 3.8) is 0 Å². The molecule has 0 saturated heterocycles. The van der Waals surface area contributed by atoms with E-state index in [4.69, 9.17) is 4.42 Å². The molecule has 3 aromatic rings. The standard InChI is InChI=1S/C18H17O/c1-3-14-8-10-15(11-9-14)12-17-13(2)19-18-7-5-4-6-16(17)18/h4-5,7-11H,3,12H2,1-2H3. The van der Waals surface area contributed by atoms with E-state index in [1.165, 1.54) is 16.7 Å². The van der Waals surface area contributed by atoms with Gasteiger partial charge in [0.1, 0.15) is 11.3 Å². The smallest absolute Gasteiger partial charge is 0.135 e. The van der Waals surface area contributed by atoms with Crippen molar-refractivity contribution in [1.82, 2.24) is 0 Å². The van der Waals surface area contributed by atoms with Crippen LogP contribution in [0.4, 0.5) is 0 Å². The zero-order valence-corrected chi connectivity index (χ0v) is 11.4. The minimum absolute atomic E-state index is 0.906. The molecular formula is C18H17O. The van der Waals surface area contributed by atoms with Gasteiger partial charge in [-0.3, -0.25) is 0 Å². The second-order valence-corrected chi connectivity index (χ2v) is 4.89. The fraction of sp³-hybridized carbons (Fsp3) is 0.222. The summed E-state index contributed by atoms with van der Waals surface area (Å²) >= 11 is 0. The van der Waals surface area contributed by atoms with Crippen LogP contribution in [0.5, 0.6) is 0 Å². The van der Waals surface area contributed by atoms with Crippen molar-refractivity contribution in [2.45, 2.75) is 26.7 Å². The van der Waals surface area contributed by atoms with Gasteiger partial charge in [0.2, 0.25) is 0 Å². The van der Waals surface area contributed by atoms with E-state index in [1.54, 1.807) is 0 Å². The fourth-order valence-corrected chi connectivity index (χ4v) is 2.45. The largest absolute Gasteiger partial charge is 0.461 e. The summed E-state index contributed by atoms with van der Waals surface area (Å²) in [5.41, 5.74) is 4.88. The molecule has 0 unspecified atom stereocenters. The first-order chi connectivity index (χ1) is 9.28. The van der Waals surface area contributed by atoms with Crippen LogP contribution in [0, 0.1) is 13.0 Å². The molecule has 1 aromatic heterocycles. The maximum Gasteiger partial charge on any atom is 0.135 e. The Bertz CT molecular complexity index is 689. The van der Waals surface area contributed by atoms with Crippen LogP contribution in [-0.4, -0.2) is 0 Å². The molecule has 0 bridgehead atoms. The summed E-state index contributed by atoms with van der Waals surface area (Å²) in [4.78, 5) is 0. The van der Waals surface area contributed by atoms with E-state index in [1.807, 2.05) is 25.1 Å². The van der Waals surface area contributed by atoms with E-state index in [0.717, 1.165) is 29.6 Å². The van der Waals surface area contributed by atoms with E-state index in [9.17, 15) is 0 Å². The SMILES string of the molecule is CCc1ccc(Cc2c(C)oc3ccc[c]c23)cc1. The van der Waals surface area contributed by atoms with Crippen molar-refractivity contribution in [2.75, 3.05) is 0 Å². The predicted molar refractivity (Wildman–Crippen MR) is 78.4 cm³/mol. The second kappa shape index (κ2) is 4.93. The molecule has 19 heavy (non-hydrogen) atoms. The third-order valence-corrected chi connectivity index (χ3v) is 3.62. The van der Waals surface area contributed by atoms with Crippen molar-refractivity contribution < 1.29 is 4.42 Å². The molecule has 0 atom stereocenters. The lowest BCUT2D eigenvalue weighted by Gasteiger charge is -2.03. The van der Waals surface area contributed by atoms with E-state index in [2.05, 4.69) is 37.3 Å². The Balaban J connectivity index is 1.98. The van der Waals surface area contributed by atoms with Gasteiger partial charge in [-0.15, -0.1) is 0 Å². The minimum Gasteiger partial charge on any atom is -0.461 e. The van der Waals surface area contributed by atoms with Crippen molar-refractivity contribution in [1.29, 1.82) is 0 Å². The quantitative estimate of drug-likeness (QED) is 0.656. The molecule has 0 aliphatic heterocycles. The molecule has 1 heteroatoms. The minimum atomic E-state index is 0.906. The molecule has 0 aliphatic carbocycles. The Morgan fingerprint density at radius 2 is 1.79 bits per heavy atom. The molecule has 0 saturated carbocycles. The summed E-state index contributed by atoms with van der Waals surface area (Å²) in [6.07, 6.45) is 1.99. The third-order valence-electron chi connectivity index (χ3n) is 3.62. The average Bonchev–Trinajstić information content (AvgIpc) is 2.76. The van der Waals surface area contributed by atoms with Crippen LogP contribution < -0.4 is 0 Å². The van der Waals surface area contributed by atoms with Gasteiger partial charge in [-0.1, -0.05) is 43.3 Å². The lowest BCUT2D eigenvalue weighted by molar-refractivity contribution is 0.573. The zero-order valence-electron chi connectivity index (χ0n) is 11.4. The Hall–Kier alpha value is -2.02. The summed E-state index contributed by atoms with van der Waals surface area (Å²) in [5.74, 6) is 0.997. The van der Waals surface area contributed by atoms with Gasteiger partial charge in [0.25, 0.3) is 0 Å². The first kappa shape index (κ1) is 12.0. The first-order valence-electron chi connectivity index (χ1n) is 6.74. The van der Waals surface area contributed by atoms with Crippen LogP contribution in [0.15, 0.2) is 46.9 Å². The number of rotatable bonds is 3. The number of hydrogen-bond acceptors (Lipinski definition) is 1. The highest BCUT2D eigenvalue weighted by Crippen LogP contribution is 2.27. The highest BCUT2D eigenvalue weighted by Gasteiger charge is 2.10. The van der Waals surface area contributed by atoms with E-state index >= 15 is 0 Å². The molecule has 1 radical (unpaired) electrons. The molecule has 0 spiro atoms. The van der Waals surface area contributed by atoms with Gasteiger partial charge in [-0.25, -0.2) is 0 Å². The monoisotopic (exact) mass is 249 g/mol. The Morgan fingerprint density at radius 1 is 1.05 bits per heavy atom. The molecule has 1 nitrogen and oxygen atoms in total. The Morgan fingerprint density at radius 3 is 2.53 bits per heavy atom. The lowest BCUT2D eigenvalue weighted by Crippen LogP contribution is -1.90. The Kier molecular flexibility index (Phi) is 3.12. The fourth-order valence-electron chi connectivity index (χ4n) is 2.45. The number of fused-ring (bicyclic) bond motifs is 1. The van der Waals surface area contributed by atoms with Crippen LogP contribution >= 0.6 is 0 Å². The van der Waals surface area contributed by atoms with Crippen molar-refractivity contribution in [2.24, 2.45) is 0 Å². The molecular weight excluding hydrogens is 232 g/mol. The maximum absolute atomic E-state index is 5.78. The maximum atomic E-state index is 5.78. The van der Waals surface area contributed by atoms with Crippen molar-refractivity contribution in [3.8, 4) is 0 Å². The normalized spacial score (nSPS) is 11.1. The van der Waals surface area contributed by atoms with Crippen molar-refractivity contribution >= 4 is 11.0 Å². The van der Waals surface area contributed by atoms with Crippen LogP contribution in [0.2, 0.25) is 0 Å². The number of benzene rings is 2. The summed E-state index contributed by atoms with van der Waals surface area (Å²) in [6.45, 7) is 4.21. The summed E-state index contributed by atoms with van der Waals surface area (Å²) < 4.78 is 5.78. The van der Waals surface area contributed by atoms with Gasteiger partial charge in [-0.2, -0.15) is 0 Å². The van der Waals surface area contributed by atoms with Gasteiger partial charge in [-0.05, 0) is 36.6 Å². The molecule has 0 fully saturated rings. The van der Waals surface area contributed by atoms with Gasteiger partial charge < -0.3 is 4.42 Å². The molecule has 0 amide bonds. The summed E-state index contributed by atoms with van der Waals surface area (Å²) in [6, 6.07) is 18.0. The van der Waals surface area contributed by atoms with Gasteiger partial charge >= 0.3 is 0 Å². The Labute approximate surface area is 113 Å². The molecule has 0 N–H and O–H groups in total. The first-order valence-corrected chi connectivity index (χ1v) is 6.74. The van der Waals surface area contributed by atoms with Crippen LogP contribution in [-0.2, 0) is 12.8 Å². The number of hydrogen-bond donors (Lipinski definition) is 0. The average molecular weight is 249 g/mol. The van der Waals surface area contributed by atoms with Gasteiger partial charge in [0.15, 0.2) is 0 Å². The van der Waals surface area contributed by atoms with Crippen LogP contribution in [0.3, 0.4) is 0 Å². The highest BCUT2D eigenvalue weighted by molar-refractivity contribution is 5.81. The van der Waals surface area contributed by atoms with E-state index in [-0.39, 0.29) is 0 Å². The second-order valence-electron chi connectivity index (χ2n) is 4.89. The lowest BCUT2D eigenvalue weighted by atomic mass is 10.0. The van der Waals surface area contributed by atoms with Crippen LogP contribution in [0.25, 0.3) is 11.0 Å². The zero-order chi connectivity index (χ0) is 13.2. The summed E-state index contributed by atoms with van der Waals surface area (Å²) in [5, 5.41) is 1.11. The molecule has 95 valence electrons. The number of aryl methyl sites for hydroxylation is 2. The molecule has 0 aliphatic rings. The van der Waals surface area contributed by atoms with E-state index < -0.39 is 0 Å².